The molecule has 0 aliphatic rings. The largest absolute Gasteiger partial charge is 0.504 e. The zero-order valence-corrected chi connectivity index (χ0v) is 17.0. The van der Waals surface area contributed by atoms with E-state index in [4.69, 9.17) is 0 Å². The second-order valence-corrected chi connectivity index (χ2v) is 6.88. The maximum Gasteiger partial charge on any atom is 0.224 e. The molecule has 154 valence electrons. The minimum Gasteiger partial charge on any atom is -0.504 e. The number of benzene rings is 2. The number of anilines is 1. The average Bonchev–Trinajstić information content (AvgIpc) is 2.64. The Bertz CT molecular complexity index is 753. The maximum absolute atomic E-state index is 12.0. The van der Waals surface area contributed by atoms with Crippen LogP contribution in [0.15, 0.2) is 42.5 Å². The van der Waals surface area contributed by atoms with Crippen LogP contribution in [0.1, 0.15) is 43.4 Å². The number of carbonyl (C=O) groups is 1. The molecule has 1 amide bonds. The lowest BCUT2D eigenvalue weighted by Gasteiger charge is -2.17. The number of aryl methyl sites for hydroxylation is 1. The smallest absolute Gasteiger partial charge is 0.224 e. The predicted molar refractivity (Wildman–Crippen MR) is 113 cm³/mol. The van der Waals surface area contributed by atoms with E-state index < -0.39 is 6.10 Å². The van der Waals surface area contributed by atoms with Crippen LogP contribution < -0.4 is 10.6 Å². The second-order valence-electron chi connectivity index (χ2n) is 6.88. The van der Waals surface area contributed by atoms with Crippen molar-refractivity contribution < 1.29 is 20.1 Å². The molecule has 6 nitrogen and oxygen atoms in total. The van der Waals surface area contributed by atoms with E-state index >= 15 is 0 Å². The predicted octanol–water partition coefficient (Wildman–Crippen LogP) is 3.65. The van der Waals surface area contributed by atoms with E-state index in [-0.39, 0.29) is 35.9 Å². The van der Waals surface area contributed by atoms with Gasteiger partial charge in [-0.25, -0.2) is 0 Å². The van der Waals surface area contributed by atoms with Gasteiger partial charge >= 0.3 is 0 Å². The van der Waals surface area contributed by atoms with Gasteiger partial charge in [0.05, 0.1) is 6.10 Å². The highest BCUT2D eigenvalue weighted by atomic mass is 35.5. The summed E-state index contributed by atoms with van der Waals surface area (Å²) in [4.78, 5) is 12.0. The highest BCUT2D eigenvalue weighted by Crippen LogP contribution is 2.27. The summed E-state index contributed by atoms with van der Waals surface area (Å²) >= 11 is 0. The van der Waals surface area contributed by atoms with Gasteiger partial charge in [-0.3, -0.25) is 4.79 Å². The lowest BCUT2D eigenvalue weighted by Crippen LogP contribution is -2.30. The van der Waals surface area contributed by atoms with Crippen molar-refractivity contribution in [1.29, 1.82) is 0 Å². The van der Waals surface area contributed by atoms with Crippen LogP contribution in [-0.4, -0.2) is 33.8 Å². The number of hydrogen-bond donors (Lipinski definition) is 5. The average molecular weight is 409 g/mol. The molecule has 2 rings (SSSR count). The molecule has 0 saturated carbocycles. The topological polar surface area (TPSA) is 102 Å². The standard InChI is InChI=1S/C21H28N2O4.ClH/c1-14-6-9-17(10-7-14)23-21(27)5-3-4-15(2)22-13-20(26)16-8-11-18(24)19(25)12-16;/h6-12,15,20,22,24-26H,3-5,13H2,1-2H3,(H,23,27);1H. The van der Waals surface area contributed by atoms with Gasteiger partial charge in [-0.2, -0.15) is 0 Å². The summed E-state index contributed by atoms with van der Waals surface area (Å²) in [6, 6.07) is 12.1. The first-order chi connectivity index (χ1) is 12.8. The molecular weight excluding hydrogens is 380 g/mol. The summed E-state index contributed by atoms with van der Waals surface area (Å²) in [6.07, 6.45) is 1.19. The van der Waals surface area contributed by atoms with Crippen molar-refractivity contribution in [2.75, 3.05) is 11.9 Å². The molecule has 0 aliphatic heterocycles. The number of phenolic OH excluding ortho intramolecular Hbond substituents is 2. The van der Waals surface area contributed by atoms with E-state index in [0.717, 1.165) is 24.1 Å². The Morgan fingerprint density at radius 2 is 1.75 bits per heavy atom. The Morgan fingerprint density at radius 1 is 1.07 bits per heavy atom. The van der Waals surface area contributed by atoms with Gasteiger partial charge < -0.3 is 26.0 Å². The molecule has 28 heavy (non-hydrogen) atoms. The van der Waals surface area contributed by atoms with E-state index in [0.29, 0.717) is 18.5 Å². The number of carbonyl (C=O) groups excluding carboxylic acids is 1. The van der Waals surface area contributed by atoms with Crippen LogP contribution in [0, 0.1) is 6.92 Å². The number of nitrogens with one attached hydrogen (secondary N) is 2. The molecule has 0 bridgehead atoms. The van der Waals surface area contributed by atoms with Crippen molar-refractivity contribution >= 4 is 24.0 Å². The van der Waals surface area contributed by atoms with Crippen LogP contribution in [0.5, 0.6) is 11.5 Å². The van der Waals surface area contributed by atoms with Gasteiger partial charge in [-0.1, -0.05) is 23.8 Å². The monoisotopic (exact) mass is 408 g/mol. The van der Waals surface area contributed by atoms with Crippen LogP contribution in [-0.2, 0) is 4.79 Å². The van der Waals surface area contributed by atoms with Crippen molar-refractivity contribution in [3.63, 3.8) is 0 Å². The number of hydrogen-bond acceptors (Lipinski definition) is 5. The minimum atomic E-state index is -0.788. The molecule has 0 aromatic heterocycles. The Kier molecular flexibility index (Phi) is 9.79. The van der Waals surface area contributed by atoms with Gasteiger partial charge in [0.1, 0.15) is 0 Å². The first-order valence-corrected chi connectivity index (χ1v) is 9.15. The molecule has 0 radical (unpaired) electrons. The first-order valence-electron chi connectivity index (χ1n) is 9.15. The van der Waals surface area contributed by atoms with Crippen molar-refractivity contribution in [2.45, 2.75) is 45.3 Å². The molecule has 2 aromatic carbocycles. The van der Waals surface area contributed by atoms with Gasteiger partial charge in [0.15, 0.2) is 11.5 Å². The van der Waals surface area contributed by atoms with Gasteiger partial charge in [0.25, 0.3) is 0 Å². The van der Waals surface area contributed by atoms with Crippen LogP contribution in [0.2, 0.25) is 0 Å². The van der Waals surface area contributed by atoms with Crippen molar-refractivity contribution in [3.05, 3.63) is 53.6 Å². The zero-order valence-electron chi connectivity index (χ0n) is 16.2. The molecule has 2 unspecified atom stereocenters. The number of amides is 1. The summed E-state index contributed by atoms with van der Waals surface area (Å²) in [5, 5.41) is 35.1. The lowest BCUT2D eigenvalue weighted by atomic mass is 10.1. The fourth-order valence-electron chi connectivity index (χ4n) is 2.71. The lowest BCUT2D eigenvalue weighted by molar-refractivity contribution is -0.116. The van der Waals surface area contributed by atoms with Gasteiger partial charge in [-0.05, 0) is 56.5 Å². The quantitative estimate of drug-likeness (QED) is 0.408. The van der Waals surface area contributed by atoms with Crippen molar-refractivity contribution in [1.82, 2.24) is 5.32 Å². The number of phenols is 2. The molecule has 0 aliphatic carbocycles. The minimum absolute atomic E-state index is 0. The molecule has 0 heterocycles. The van der Waals surface area contributed by atoms with Crippen LogP contribution in [0.25, 0.3) is 0 Å². The number of halogens is 1. The summed E-state index contributed by atoms with van der Waals surface area (Å²) in [6.45, 7) is 4.32. The van der Waals surface area contributed by atoms with Crippen molar-refractivity contribution in [3.8, 4) is 11.5 Å². The number of aliphatic hydroxyl groups excluding tert-OH is 1. The molecule has 2 aromatic rings. The molecule has 0 fully saturated rings. The number of aromatic hydroxyl groups is 2. The van der Waals surface area contributed by atoms with Crippen LogP contribution >= 0.6 is 12.4 Å². The third kappa shape index (κ3) is 7.76. The Hall–Kier alpha value is -2.28. The number of rotatable bonds is 9. The molecule has 2 atom stereocenters. The van der Waals surface area contributed by atoms with Crippen LogP contribution in [0.4, 0.5) is 5.69 Å². The normalized spacial score (nSPS) is 12.7. The molecule has 0 saturated heterocycles. The zero-order chi connectivity index (χ0) is 19.8. The van der Waals surface area contributed by atoms with E-state index in [1.54, 1.807) is 6.07 Å². The fourth-order valence-corrected chi connectivity index (χ4v) is 2.71. The fraction of sp³-hybridized carbons (Fsp3) is 0.381. The Balaban J connectivity index is 0.00000392. The Labute approximate surface area is 172 Å². The highest BCUT2D eigenvalue weighted by Gasteiger charge is 2.12. The SMILES string of the molecule is Cc1ccc(NC(=O)CCCC(C)NCC(O)c2ccc(O)c(O)c2)cc1.Cl. The summed E-state index contributed by atoms with van der Waals surface area (Å²) in [5.74, 6) is -0.471. The van der Waals surface area contributed by atoms with Crippen LogP contribution in [0.3, 0.4) is 0 Å². The van der Waals surface area contributed by atoms with E-state index in [1.807, 2.05) is 38.1 Å². The summed E-state index contributed by atoms with van der Waals surface area (Å²) in [7, 11) is 0. The molecule has 5 N–H and O–H groups in total. The van der Waals surface area contributed by atoms with Gasteiger partial charge in [0, 0.05) is 24.7 Å². The van der Waals surface area contributed by atoms with Crippen molar-refractivity contribution in [2.24, 2.45) is 0 Å². The number of aliphatic hydroxyl groups is 1. The van der Waals surface area contributed by atoms with E-state index in [2.05, 4.69) is 10.6 Å². The van der Waals surface area contributed by atoms with E-state index in [1.165, 1.54) is 12.1 Å². The maximum atomic E-state index is 12.0. The van der Waals surface area contributed by atoms with Gasteiger partial charge in [0.2, 0.25) is 5.91 Å². The first kappa shape index (κ1) is 23.8. The highest BCUT2D eigenvalue weighted by molar-refractivity contribution is 5.90. The summed E-state index contributed by atoms with van der Waals surface area (Å²) in [5.41, 5.74) is 2.48. The molecule has 7 heteroatoms. The Morgan fingerprint density at radius 3 is 2.39 bits per heavy atom. The molecule has 0 spiro atoms. The van der Waals surface area contributed by atoms with Gasteiger partial charge in [-0.15, -0.1) is 12.4 Å². The summed E-state index contributed by atoms with van der Waals surface area (Å²) < 4.78 is 0. The second kappa shape index (κ2) is 11.5. The molecular formula is C21H29ClN2O4. The third-order valence-electron chi connectivity index (χ3n) is 4.42. The van der Waals surface area contributed by atoms with E-state index in [9.17, 15) is 20.1 Å². The third-order valence-corrected chi connectivity index (χ3v) is 4.42.